The summed E-state index contributed by atoms with van der Waals surface area (Å²) in [5.74, 6) is 1.10. The molecule has 0 saturated carbocycles. The van der Waals surface area contributed by atoms with Gasteiger partial charge in [0.1, 0.15) is 17.4 Å². The van der Waals surface area contributed by atoms with E-state index in [4.69, 9.17) is 16.3 Å². The first kappa shape index (κ1) is 24.5. The van der Waals surface area contributed by atoms with Gasteiger partial charge in [-0.2, -0.15) is 0 Å². The summed E-state index contributed by atoms with van der Waals surface area (Å²) < 4.78 is 35.6. The molecule has 0 radical (unpaired) electrons. The number of benzene rings is 3. The molecule has 0 aliphatic heterocycles. The number of nitrogens with one attached hydrogen (secondary N) is 1. The Labute approximate surface area is 218 Å². The van der Waals surface area contributed by atoms with E-state index in [1.807, 2.05) is 24.3 Å². The van der Waals surface area contributed by atoms with E-state index in [1.54, 1.807) is 37.3 Å². The van der Waals surface area contributed by atoms with E-state index in [0.717, 1.165) is 11.1 Å². The summed E-state index contributed by atoms with van der Waals surface area (Å²) in [6.45, 7) is 1.67. The number of sulfonamides is 1. The second-order valence-electron chi connectivity index (χ2n) is 8.22. The predicted molar refractivity (Wildman–Crippen MR) is 144 cm³/mol. The highest BCUT2D eigenvalue weighted by molar-refractivity contribution is 7.92. The molecule has 10 heteroatoms. The molecule has 0 unspecified atom stereocenters. The van der Waals surface area contributed by atoms with Crippen LogP contribution < -0.4 is 15.0 Å². The van der Waals surface area contributed by atoms with Crippen molar-refractivity contribution in [2.45, 2.75) is 11.8 Å². The van der Waals surface area contributed by atoms with Crippen molar-refractivity contribution in [1.82, 2.24) is 14.5 Å². The number of ether oxygens (including phenoxy) is 1. The van der Waals surface area contributed by atoms with Gasteiger partial charge in [-0.15, -0.1) is 0 Å². The summed E-state index contributed by atoms with van der Waals surface area (Å²) in [6.07, 6.45) is 1.48. The number of pyridine rings is 1. The third kappa shape index (κ3) is 4.91. The summed E-state index contributed by atoms with van der Waals surface area (Å²) in [5, 5.41) is 1.20. The third-order valence-electron chi connectivity index (χ3n) is 5.79. The molecule has 2 heterocycles. The van der Waals surface area contributed by atoms with Crippen LogP contribution in [0.15, 0.2) is 94.7 Å². The second kappa shape index (κ2) is 9.68. The van der Waals surface area contributed by atoms with Crippen molar-refractivity contribution >= 4 is 38.3 Å². The molecule has 3 aromatic carbocycles. The fourth-order valence-corrected chi connectivity index (χ4v) is 5.20. The molecule has 5 aromatic rings. The molecule has 0 bridgehead atoms. The van der Waals surface area contributed by atoms with Crippen LogP contribution >= 0.6 is 11.6 Å². The van der Waals surface area contributed by atoms with Crippen molar-refractivity contribution in [3.8, 4) is 22.6 Å². The average molecular weight is 533 g/mol. The monoisotopic (exact) mass is 532 g/mol. The summed E-state index contributed by atoms with van der Waals surface area (Å²) >= 11 is 6.01. The van der Waals surface area contributed by atoms with Gasteiger partial charge in [0.25, 0.3) is 15.6 Å². The van der Waals surface area contributed by atoms with Gasteiger partial charge >= 0.3 is 0 Å². The zero-order chi connectivity index (χ0) is 26.2. The smallest absolute Gasteiger partial charge is 0.263 e. The van der Waals surface area contributed by atoms with Gasteiger partial charge < -0.3 is 4.74 Å². The van der Waals surface area contributed by atoms with Crippen LogP contribution in [0.25, 0.3) is 27.7 Å². The molecule has 0 atom stereocenters. The first-order valence-corrected chi connectivity index (χ1v) is 13.0. The molecule has 0 spiro atoms. The van der Waals surface area contributed by atoms with Crippen LogP contribution in [-0.4, -0.2) is 30.1 Å². The van der Waals surface area contributed by atoms with E-state index in [2.05, 4.69) is 14.7 Å². The summed E-state index contributed by atoms with van der Waals surface area (Å²) in [7, 11) is -2.39. The molecule has 2 aromatic heterocycles. The highest BCUT2D eigenvalue weighted by Gasteiger charge is 2.18. The first-order valence-electron chi connectivity index (χ1n) is 11.2. The molecule has 37 heavy (non-hydrogen) atoms. The largest absolute Gasteiger partial charge is 0.495 e. The lowest BCUT2D eigenvalue weighted by Crippen LogP contribution is -2.19. The molecule has 0 fully saturated rings. The minimum absolute atomic E-state index is 0.0338. The molecule has 0 amide bonds. The van der Waals surface area contributed by atoms with Crippen LogP contribution in [0.5, 0.6) is 5.75 Å². The second-order valence-corrected chi connectivity index (χ2v) is 10.3. The number of anilines is 1. The Kier molecular flexibility index (Phi) is 6.41. The van der Waals surface area contributed by atoms with Gasteiger partial charge in [0.05, 0.1) is 23.2 Å². The van der Waals surface area contributed by atoms with Crippen LogP contribution in [-0.2, 0) is 10.0 Å². The van der Waals surface area contributed by atoms with Gasteiger partial charge in [-0.3, -0.25) is 14.1 Å². The van der Waals surface area contributed by atoms with E-state index in [1.165, 1.54) is 42.1 Å². The normalized spacial score (nSPS) is 11.4. The van der Waals surface area contributed by atoms with Gasteiger partial charge in [0.15, 0.2) is 0 Å². The van der Waals surface area contributed by atoms with E-state index < -0.39 is 10.0 Å². The van der Waals surface area contributed by atoms with Gasteiger partial charge in [-0.1, -0.05) is 29.8 Å². The maximum absolute atomic E-state index is 13.0. The Hall–Kier alpha value is -4.21. The summed E-state index contributed by atoms with van der Waals surface area (Å²) in [4.78, 5) is 21.1. The van der Waals surface area contributed by atoms with Gasteiger partial charge in [0.2, 0.25) is 0 Å². The van der Waals surface area contributed by atoms with Gasteiger partial charge in [0, 0.05) is 22.7 Å². The van der Waals surface area contributed by atoms with Crippen molar-refractivity contribution in [3.05, 3.63) is 106 Å². The van der Waals surface area contributed by atoms with Crippen LogP contribution in [0.1, 0.15) is 5.82 Å². The lowest BCUT2D eigenvalue weighted by Gasteiger charge is -2.16. The quantitative estimate of drug-likeness (QED) is 0.321. The maximum atomic E-state index is 13.0. The average Bonchev–Trinajstić information content (AvgIpc) is 2.88. The van der Waals surface area contributed by atoms with Crippen molar-refractivity contribution < 1.29 is 13.2 Å². The molecule has 1 N–H and O–H groups in total. The zero-order valence-corrected chi connectivity index (χ0v) is 21.4. The number of aryl methyl sites for hydroxylation is 1. The van der Waals surface area contributed by atoms with E-state index in [0.29, 0.717) is 33.2 Å². The Balaban J connectivity index is 1.58. The van der Waals surface area contributed by atoms with E-state index >= 15 is 0 Å². The maximum Gasteiger partial charge on any atom is 0.263 e. The minimum Gasteiger partial charge on any atom is -0.495 e. The number of aromatic nitrogens is 3. The van der Waals surface area contributed by atoms with Gasteiger partial charge in [-0.25, -0.2) is 18.4 Å². The molecule has 0 aliphatic carbocycles. The van der Waals surface area contributed by atoms with Crippen molar-refractivity contribution in [2.24, 2.45) is 0 Å². The van der Waals surface area contributed by atoms with Crippen molar-refractivity contribution in [3.63, 3.8) is 0 Å². The number of halogens is 1. The first-order chi connectivity index (χ1) is 17.7. The minimum atomic E-state index is -3.92. The molecule has 0 saturated heterocycles. The van der Waals surface area contributed by atoms with Crippen molar-refractivity contribution in [1.29, 1.82) is 0 Å². The Bertz CT molecular complexity index is 1800. The summed E-state index contributed by atoms with van der Waals surface area (Å²) in [5.41, 5.74) is 2.61. The number of hydrogen-bond donors (Lipinski definition) is 1. The lowest BCUT2D eigenvalue weighted by atomic mass is 10.0. The number of fused-ring (bicyclic) bond motifs is 1. The Morgan fingerprint density at radius 2 is 1.68 bits per heavy atom. The highest BCUT2D eigenvalue weighted by Crippen LogP contribution is 2.32. The van der Waals surface area contributed by atoms with Gasteiger partial charge in [-0.05, 0) is 72.6 Å². The predicted octanol–water partition coefficient (Wildman–Crippen LogP) is 5.22. The number of nitrogens with zero attached hydrogens (tertiary/aromatic N) is 3. The standard InChI is InChI=1S/C27H21ClN4O4S/c1-17-29-14-13-26(30-17)31-37(34,35)22-9-11-23-20(15-22)6-12-27(33)32(23)24-10-5-19(16-25(24)36-2)18-3-7-21(28)8-4-18/h3-16H,1-2H3,(H,29,30,31). The SMILES string of the molecule is COc1cc(-c2ccc(Cl)cc2)ccc1-n1c(=O)ccc2cc(S(=O)(=O)Nc3ccnc(C)n3)ccc21. The zero-order valence-electron chi connectivity index (χ0n) is 19.8. The molecular formula is C27H21ClN4O4S. The Morgan fingerprint density at radius 1 is 0.919 bits per heavy atom. The van der Waals surface area contributed by atoms with Crippen LogP contribution in [0, 0.1) is 6.92 Å². The van der Waals surface area contributed by atoms with E-state index in [-0.39, 0.29) is 16.3 Å². The number of hydrogen-bond acceptors (Lipinski definition) is 6. The highest BCUT2D eigenvalue weighted by atomic mass is 35.5. The molecule has 5 rings (SSSR count). The Morgan fingerprint density at radius 3 is 2.41 bits per heavy atom. The topological polar surface area (TPSA) is 103 Å². The van der Waals surface area contributed by atoms with Crippen molar-refractivity contribution in [2.75, 3.05) is 11.8 Å². The fraction of sp³-hybridized carbons (Fsp3) is 0.0741. The van der Waals surface area contributed by atoms with Crippen LogP contribution in [0.4, 0.5) is 5.82 Å². The molecule has 186 valence electrons. The third-order valence-corrected chi connectivity index (χ3v) is 7.39. The lowest BCUT2D eigenvalue weighted by molar-refractivity contribution is 0.413. The molecule has 8 nitrogen and oxygen atoms in total. The summed E-state index contributed by atoms with van der Waals surface area (Å²) in [6, 6.07) is 22.0. The van der Waals surface area contributed by atoms with Crippen LogP contribution in [0.3, 0.4) is 0 Å². The molecule has 0 aliphatic rings. The van der Waals surface area contributed by atoms with E-state index in [9.17, 15) is 13.2 Å². The number of rotatable bonds is 6. The molecular weight excluding hydrogens is 512 g/mol. The van der Waals surface area contributed by atoms with Crippen LogP contribution in [0.2, 0.25) is 5.02 Å². The fourth-order valence-electron chi connectivity index (χ4n) is 4.03. The number of methoxy groups -OCH3 is 1.